The zero-order chi connectivity index (χ0) is 33.3. The van der Waals surface area contributed by atoms with Crippen molar-refractivity contribution in [3.8, 4) is 5.69 Å². The summed E-state index contributed by atoms with van der Waals surface area (Å²) in [6, 6.07) is 9.56. The van der Waals surface area contributed by atoms with Gasteiger partial charge < -0.3 is 42.4 Å². The Morgan fingerprint density at radius 2 is 1.98 bits per heavy atom. The SMILES string of the molecule is CC(C)(O/N=C(\C(=O)NC1C(=O)N2C(C(=O)[O-])=C(CSc3nc(N)cc(N)[n+]3-c3ccccc3)CSC12)c1cnc(N)s1)C(=O)O. The van der Waals surface area contributed by atoms with Crippen molar-refractivity contribution in [2.24, 2.45) is 5.16 Å². The van der Waals surface area contributed by atoms with Gasteiger partial charge in [-0.3, -0.25) is 14.5 Å². The number of carboxylic acids is 2. The maximum Gasteiger partial charge on any atom is 0.350 e. The molecule has 2 atom stereocenters. The lowest BCUT2D eigenvalue weighted by molar-refractivity contribution is -0.626. The van der Waals surface area contributed by atoms with Gasteiger partial charge in [0.25, 0.3) is 11.8 Å². The number of para-hydroxylation sites is 1. The number of amides is 2. The highest BCUT2D eigenvalue weighted by Gasteiger charge is 2.53. The Morgan fingerprint density at radius 1 is 1.26 bits per heavy atom. The molecular weight excluding hydrogens is 659 g/mol. The molecule has 0 aliphatic carbocycles. The number of thioether (sulfide) groups is 2. The lowest BCUT2D eigenvalue weighted by Gasteiger charge is -2.50. The number of anilines is 3. The van der Waals surface area contributed by atoms with Gasteiger partial charge in [0.2, 0.25) is 17.2 Å². The predicted molar refractivity (Wildman–Crippen MR) is 168 cm³/mol. The summed E-state index contributed by atoms with van der Waals surface area (Å²) in [5, 5.41) is 27.8. The summed E-state index contributed by atoms with van der Waals surface area (Å²) in [5.74, 6) is -3.63. The highest BCUT2D eigenvalue weighted by molar-refractivity contribution is 8.01. The third-order valence-corrected chi connectivity index (χ3v) is 9.94. The van der Waals surface area contributed by atoms with Crippen LogP contribution in [-0.2, 0) is 24.0 Å². The molecule has 5 rings (SSSR count). The molecule has 1 saturated heterocycles. The molecule has 0 saturated carbocycles. The lowest BCUT2D eigenvalue weighted by atomic mass is 10.0. The molecule has 0 bridgehead atoms. The van der Waals surface area contributed by atoms with E-state index in [2.05, 4.69) is 20.4 Å². The molecule has 240 valence electrons. The van der Waals surface area contributed by atoms with Crippen LogP contribution in [0.2, 0.25) is 0 Å². The van der Waals surface area contributed by atoms with Gasteiger partial charge in [-0.05, 0) is 43.3 Å². The third-order valence-electron chi connectivity index (χ3n) is 6.74. The Kier molecular flexibility index (Phi) is 9.08. The van der Waals surface area contributed by atoms with Gasteiger partial charge in [0.05, 0.1) is 22.6 Å². The van der Waals surface area contributed by atoms with E-state index in [9.17, 15) is 29.4 Å². The number of fused-ring (bicyclic) bond motifs is 1. The zero-order valence-corrected chi connectivity index (χ0v) is 26.6. The number of nitrogens with one attached hydrogen (secondary N) is 1. The molecule has 2 unspecified atom stereocenters. The van der Waals surface area contributed by atoms with Crippen molar-refractivity contribution in [2.45, 2.75) is 36.0 Å². The standard InChI is InChI=1S/C27H27N9O7S3/c1-27(2,24(41)42)43-34-17(14-9-31-25(30)46-14)20(37)33-18-21(38)36-19(23(39)40)12(10-44-22(18)36)11-45-26-32-15(28)8-16(29)35(26)13-6-4-3-5-7-13/h3-9,18,22H,10-11H2,1-2H3,(H8,28,29,30,31,33,34,37,39,40,41,42). The minimum atomic E-state index is -1.78. The summed E-state index contributed by atoms with van der Waals surface area (Å²) in [7, 11) is 0. The summed E-state index contributed by atoms with van der Waals surface area (Å²) >= 11 is 3.33. The van der Waals surface area contributed by atoms with Gasteiger partial charge in [-0.15, -0.1) is 11.8 Å². The molecule has 19 heteroatoms. The molecule has 46 heavy (non-hydrogen) atoms. The highest BCUT2D eigenvalue weighted by Crippen LogP contribution is 2.41. The Hall–Kier alpha value is -4.88. The normalized spacial score (nSPS) is 18.1. The third kappa shape index (κ3) is 6.42. The van der Waals surface area contributed by atoms with Crippen LogP contribution in [0.15, 0.2) is 64.2 Å². The minimum Gasteiger partial charge on any atom is -0.543 e. The van der Waals surface area contributed by atoms with Crippen LogP contribution in [-0.4, -0.2) is 78.0 Å². The average molecular weight is 686 g/mol. The minimum absolute atomic E-state index is 0.112. The molecule has 4 heterocycles. The fourth-order valence-electron chi connectivity index (χ4n) is 4.39. The van der Waals surface area contributed by atoms with Crippen molar-refractivity contribution in [1.29, 1.82) is 0 Å². The van der Waals surface area contributed by atoms with Crippen molar-refractivity contribution in [1.82, 2.24) is 20.2 Å². The number of β-lactam (4-membered cyclic amide) rings is 1. The first kappa shape index (κ1) is 32.5. The molecule has 2 amide bonds. The Morgan fingerprint density at radius 3 is 2.61 bits per heavy atom. The highest BCUT2D eigenvalue weighted by atomic mass is 32.2. The number of oxime groups is 1. The number of rotatable bonds is 11. The number of benzene rings is 1. The first-order valence-electron chi connectivity index (χ1n) is 13.3. The van der Waals surface area contributed by atoms with Crippen LogP contribution in [0.25, 0.3) is 5.69 Å². The Balaban J connectivity index is 1.36. The number of thiazole rings is 1. The predicted octanol–water partition coefficient (Wildman–Crippen LogP) is -0.658. The average Bonchev–Trinajstić information content (AvgIpc) is 3.43. The van der Waals surface area contributed by atoms with Gasteiger partial charge in [0, 0.05) is 17.7 Å². The van der Waals surface area contributed by atoms with E-state index in [-0.39, 0.29) is 38.7 Å². The second-order valence-electron chi connectivity index (χ2n) is 10.4. The summed E-state index contributed by atoms with van der Waals surface area (Å²) in [6.45, 7) is 2.48. The van der Waals surface area contributed by atoms with Crippen LogP contribution in [0.3, 0.4) is 0 Å². The van der Waals surface area contributed by atoms with E-state index in [4.69, 9.17) is 22.0 Å². The first-order chi connectivity index (χ1) is 21.8. The molecule has 1 aromatic carbocycles. The van der Waals surface area contributed by atoms with E-state index in [0.717, 1.165) is 21.9 Å². The van der Waals surface area contributed by atoms with Crippen molar-refractivity contribution in [2.75, 3.05) is 28.7 Å². The second kappa shape index (κ2) is 12.9. The molecule has 0 spiro atoms. The number of nitrogen functional groups attached to an aromatic ring is 3. The molecule has 16 nitrogen and oxygen atoms in total. The maximum absolute atomic E-state index is 13.3. The van der Waals surface area contributed by atoms with E-state index in [0.29, 0.717) is 16.5 Å². The van der Waals surface area contributed by atoms with Crippen LogP contribution in [0, 0.1) is 0 Å². The van der Waals surface area contributed by atoms with Crippen LogP contribution in [0.1, 0.15) is 18.7 Å². The van der Waals surface area contributed by atoms with Crippen molar-refractivity contribution in [3.63, 3.8) is 0 Å². The number of carbonyl (C=O) groups is 4. The van der Waals surface area contributed by atoms with Gasteiger partial charge in [-0.1, -0.05) is 39.7 Å². The summed E-state index contributed by atoms with van der Waals surface area (Å²) in [6.07, 6.45) is 1.25. The Bertz CT molecular complexity index is 1800. The summed E-state index contributed by atoms with van der Waals surface area (Å²) < 4.78 is 1.68. The van der Waals surface area contributed by atoms with Crippen molar-refractivity contribution in [3.05, 3.63) is 58.7 Å². The smallest absolute Gasteiger partial charge is 0.350 e. The van der Waals surface area contributed by atoms with E-state index < -0.39 is 40.8 Å². The van der Waals surface area contributed by atoms with Gasteiger partial charge in [0.15, 0.2) is 10.8 Å². The van der Waals surface area contributed by atoms with Crippen LogP contribution in [0.4, 0.5) is 16.8 Å². The van der Waals surface area contributed by atoms with Crippen LogP contribution in [0.5, 0.6) is 0 Å². The van der Waals surface area contributed by atoms with Crippen LogP contribution < -0.4 is 32.2 Å². The summed E-state index contributed by atoms with van der Waals surface area (Å²) in [4.78, 5) is 65.1. The molecule has 1 fully saturated rings. The zero-order valence-electron chi connectivity index (χ0n) is 24.2. The second-order valence-corrected chi connectivity index (χ2v) is 13.5. The van der Waals surface area contributed by atoms with E-state index >= 15 is 0 Å². The quantitative estimate of drug-likeness (QED) is 0.0420. The van der Waals surface area contributed by atoms with Gasteiger partial charge in [-0.2, -0.15) is 4.57 Å². The molecule has 2 aliphatic rings. The first-order valence-corrected chi connectivity index (χ1v) is 16.2. The lowest BCUT2D eigenvalue weighted by Crippen LogP contribution is -2.71. The topological polar surface area (TPSA) is 256 Å². The summed E-state index contributed by atoms with van der Waals surface area (Å²) in [5.41, 5.74) is 16.6. The fraction of sp³-hybridized carbons (Fsp3) is 0.259. The number of hydrogen-bond donors (Lipinski definition) is 5. The van der Waals surface area contributed by atoms with Gasteiger partial charge in [-0.25, -0.2) is 9.78 Å². The fourth-order valence-corrected chi connectivity index (χ4v) is 7.58. The molecule has 8 N–H and O–H groups in total. The number of nitrogens with zero attached hydrogens (tertiary/aromatic N) is 5. The molecular formula is C27H27N9O7S3. The molecule has 2 aliphatic heterocycles. The number of aromatic nitrogens is 3. The molecule has 0 radical (unpaired) electrons. The van der Waals surface area contributed by atoms with Crippen LogP contribution >= 0.6 is 34.9 Å². The number of carboxylic acid groups (broad SMARTS) is 2. The maximum atomic E-state index is 13.3. The molecule has 3 aromatic rings. The van der Waals surface area contributed by atoms with Gasteiger partial charge >= 0.3 is 11.1 Å². The number of aliphatic carboxylic acids is 2. The van der Waals surface area contributed by atoms with Crippen molar-refractivity contribution >= 4 is 81.1 Å². The number of nitrogens with two attached hydrogens (primary N) is 3. The number of hydrogen-bond acceptors (Lipinski definition) is 15. The molecule has 2 aromatic heterocycles. The largest absolute Gasteiger partial charge is 0.543 e. The van der Waals surface area contributed by atoms with E-state index in [1.807, 2.05) is 30.3 Å². The van der Waals surface area contributed by atoms with E-state index in [1.54, 1.807) is 4.57 Å². The van der Waals surface area contributed by atoms with E-state index in [1.165, 1.54) is 49.6 Å². The number of carbonyl (C=O) groups excluding carboxylic acids is 3. The monoisotopic (exact) mass is 685 g/mol. The van der Waals surface area contributed by atoms with Gasteiger partial charge in [0.1, 0.15) is 17.1 Å². The van der Waals surface area contributed by atoms with Crippen molar-refractivity contribution < 1.29 is 38.8 Å². The Labute approximate surface area is 273 Å².